The number of hydrogen-bond donors (Lipinski definition) is 1. The summed E-state index contributed by atoms with van der Waals surface area (Å²) in [5.41, 5.74) is 6.66. The molecule has 0 saturated heterocycles. The third-order valence-corrected chi connectivity index (χ3v) is 2.60. The van der Waals surface area contributed by atoms with Crippen molar-refractivity contribution in [3.63, 3.8) is 0 Å². The summed E-state index contributed by atoms with van der Waals surface area (Å²) >= 11 is 0. The molecule has 0 bridgehead atoms. The van der Waals surface area contributed by atoms with Crippen molar-refractivity contribution in [2.45, 2.75) is 26.3 Å². The zero-order chi connectivity index (χ0) is 14.3. The minimum absolute atomic E-state index is 0.322. The van der Waals surface area contributed by atoms with E-state index in [0.717, 1.165) is 5.56 Å². The summed E-state index contributed by atoms with van der Waals surface area (Å²) in [6.07, 6.45) is 0.353. The highest BCUT2D eigenvalue weighted by Crippen LogP contribution is 2.31. The summed E-state index contributed by atoms with van der Waals surface area (Å²) in [7, 11) is 1.58. The molecular formula is C14H21NO4. The predicted molar refractivity (Wildman–Crippen MR) is 72.5 cm³/mol. The van der Waals surface area contributed by atoms with Crippen LogP contribution in [0.1, 0.15) is 19.4 Å². The van der Waals surface area contributed by atoms with E-state index in [2.05, 4.69) is 0 Å². The van der Waals surface area contributed by atoms with E-state index in [1.54, 1.807) is 14.0 Å². The first-order chi connectivity index (χ1) is 9.13. The van der Waals surface area contributed by atoms with Gasteiger partial charge in [-0.15, -0.1) is 0 Å². The van der Waals surface area contributed by atoms with E-state index in [0.29, 0.717) is 31.1 Å². The quantitative estimate of drug-likeness (QED) is 0.758. The molecule has 106 valence electrons. The lowest BCUT2D eigenvalue weighted by molar-refractivity contribution is -0.144. The van der Waals surface area contributed by atoms with Gasteiger partial charge in [0, 0.05) is 12.0 Å². The van der Waals surface area contributed by atoms with Gasteiger partial charge in [-0.25, -0.2) is 0 Å². The zero-order valence-corrected chi connectivity index (χ0v) is 11.6. The molecule has 2 N–H and O–H groups in total. The minimum Gasteiger partial charge on any atom is -0.493 e. The molecule has 1 unspecified atom stereocenters. The molecule has 0 fully saturated rings. The molecule has 0 aliphatic heterocycles. The third-order valence-electron chi connectivity index (χ3n) is 2.60. The second kappa shape index (κ2) is 7.63. The summed E-state index contributed by atoms with van der Waals surface area (Å²) in [6, 6.07) is 4.82. The fraction of sp³-hybridized carbons (Fsp3) is 0.500. The maximum atomic E-state index is 11.6. The predicted octanol–water partition coefficient (Wildman–Crippen LogP) is 1.53. The Morgan fingerprint density at radius 2 is 2.05 bits per heavy atom. The van der Waals surface area contributed by atoms with Crippen LogP contribution in [0.15, 0.2) is 18.2 Å². The monoisotopic (exact) mass is 267 g/mol. The second-order valence-electron chi connectivity index (χ2n) is 3.94. The molecule has 5 nitrogen and oxygen atoms in total. The van der Waals surface area contributed by atoms with E-state index >= 15 is 0 Å². The van der Waals surface area contributed by atoms with Crippen molar-refractivity contribution >= 4 is 5.97 Å². The number of benzene rings is 1. The van der Waals surface area contributed by atoms with Crippen molar-refractivity contribution in [3.05, 3.63) is 23.8 Å². The topological polar surface area (TPSA) is 70.8 Å². The van der Waals surface area contributed by atoms with Gasteiger partial charge in [0.1, 0.15) is 6.04 Å². The average Bonchev–Trinajstić information content (AvgIpc) is 2.41. The van der Waals surface area contributed by atoms with E-state index in [9.17, 15) is 4.79 Å². The summed E-state index contributed by atoms with van der Waals surface area (Å²) in [5.74, 6) is 0.857. The number of hydrogen-bond acceptors (Lipinski definition) is 5. The number of nitrogens with two attached hydrogens (primary N) is 1. The van der Waals surface area contributed by atoms with Crippen LogP contribution in [0.5, 0.6) is 11.5 Å². The molecule has 0 spiro atoms. The molecule has 0 aliphatic rings. The molecule has 1 aromatic carbocycles. The van der Waals surface area contributed by atoms with Crippen LogP contribution in [-0.2, 0) is 16.0 Å². The molecule has 0 radical (unpaired) electrons. The van der Waals surface area contributed by atoms with Crippen molar-refractivity contribution in [3.8, 4) is 11.5 Å². The number of rotatable bonds is 7. The van der Waals surface area contributed by atoms with Crippen molar-refractivity contribution in [2.24, 2.45) is 5.73 Å². The van der Waals surface area contributed by atoms with E-state index in [1.807, 2.05) is 25.1 Å². The Morgan fingerprint density at radius 3 is 2.63 bits per heavy atom. The van der Waals surface area contributed by atoms with Gasteiger partial charge in [0.2, 0.25) is 0 Å². The van der Waals surface area contributed by atoms with Crippen LogP contribution in [0.25, 0.3) is 0 Å². The number of esters is 1. The third kappa shape index (κ3) is 4.13. The maximum Gasteiger partial charge on any atom is 0.323 e. The van der Waals surface area contributed by atoms with Gasteiger partial charge < -0.3 is 19.9 Å². The fourth-order valence-electron chi connectivity index (χ4n) is 1.76. The Kier molecular flexibility index (Phi) is 6.15. The van der Waals surface area contributed by atoms with Crippen LogP contribution in [0, 0.1) is 0 Å². The van der Waals surface area contributed by atoms with Gasteiger partial charge >= 0.3 is 5.97 Å². The van der Waals surface area contributed by atoms with E-state index in [4.69, 9.17) is 19.9 Å². The lowest BCUT2D eigenvalue weighted by atomic mass is 10.0. The van der Waals surface area contributed by atoms with Gasteiger partial charge in [0.15, 0.2) is 11.5 Å². The molecule has 1 aromatic rings. The van der Waals surface area contributed by atoms with Crippen LogP contribution < -0.4 is 15.2 Å². The second-order valence-corrected chi connectivity index (χ2v) is 3.94. The summed E-state index contributed by atoms with van der Waals surface area (Å²) in [6.45, 7) is 4.48. The van der Waals surface area contributed by atoms with Gasteiger partial charge in [-0.2, -0.15) is 0 Å². The average molecular weight is 267 g/mol. The number of carbonyl (C=O) groups excluding carboxylic acids is 1. The van der Waals surface area contributed by atoms with Gasteiger partial charge in [0.25, 0.3) is 0 Å². The highest BCUT2D eigenvalue weighted by molar-refractivity contribution is 5.76. The molecule has 1 rings (SSSR count). The number of methoxy groups -OCH3 is 1. The van der Waals surface area contributed by atoms with Crippen LogP contribution in [0.2, 0.25) is 0 Å². The number of ether oxygens (including phenoxy) is 3. The molecule has 5 heteroatoms. The van der Waals surface area contributed by atoms with Gasteiger partial charge in [-0.1, -0.05) is 12.1 Å². The first kappa shape index (κ1) is 15.3. The standard InChI is InChI=1S/C14H21NO4/c1-4-18-13-10(7-6-8-12(13)17-3)9-11(15)14(16)19-5-2/h6-8,11H,4-5,9,15H2,1-3H3. The first-order valence-corrected chi connectivity index (χ1v) is 6.34. The highest BCUT2D eigenvalue weighted by atomic mass is 16.5. The van der Waals surface area contributed by atoms with Crippen molar-refractivity contribution in [1.82, 2.24) is 0 Å². The van der Waals surface area contributed by atoms with Crippen molar-refractivity contribution < 1.29 is 19.0 Å². The Hall–Kier alpha value is -1.75. The van der Waals surface area contributed by atoms with Crippen molar-refractivity contribution in [2.75, 3.05) is 20.3 Å². The zero-order valence-electron chi connectivity index (χ0n) is 11.6. The Labute approximate surface area is 113 Å². The Morgan fingerprint density at radius 1 is 1.32 bits per heavy atom. The Bertz CT molecular complexity index is 420. The smallest absolute Gasteiger partial charge is 0.323 e. The maximum absolute atomic E-state index is 11.6. The minimum atomic E-state index is -0.703. The van der Waals surface area contributed by atoms with Crippen LogP contribution in [-0.4, -0.2) is 32.3 Å². The van der Waals surface area contributed by atoms with Crippen molar-refractivity contribution in [1.29, 1.82) is 0 Å². The number of para-hydroxylation sites is 1. The first-order valence-electron chi connectivity index (χ1n) is 6.34. The lowest BCUT2D eigenvalue weighted by Gasteiger charge is -2.16. The molecular weight excluding hydrogens is 246 g/mol. The van der Waals surface area contributed by atoms with Crippen LogP contribution in [0.3, 0.4) is 0 Å². The molecule has 0 aromatic heterocycles. The largest absolute Gasteiger partial charge is 0.493 e. The molecule has 0 saturated carbocycles. The molecule has 19 heavy (non-hydrogen) atoms. The number of carbonyl (C=O) groups is 1. The van der Waals surface area contributed by atoms with Gasteiger partial charge in [-0.05, 0) is 19.9 Å². The molecule has 1 atom stereocenters. The molecule has 0 aliphatic carbocycles. The molecule has 0 amide bonds. The van der Waals surface area contributed by atoms with Crippen LogP contribution >= 0.6 is 0 Å². The summed E-state index contributed by atoms with van der Waals surface area (Å²) in [4.78, 5) is 11.6. The van der Waals surface area contributed by atoms with Crippen LogP contribution in [0.4, 0.5) is 0 Å². The summed E-state index contributed by atoms with van der Waals surface area (Å²) < 4.78 is 15.7. The van der Waals surface area contributed by atoms with E-state index < -0.39 is 12.0 Å². The van der Waals surface area contributed by atoms with Gasteiger partial charge in [-0.3, -0.25) is 4.79 Å². The lowest BCUT2D eigenvalue weighted by Crippen LogP contribution is -2.34. The molecule has 0 heterocycles. The fourth-order valence-corrected chi connectivity index (χ4v) is 1.76. The van der Waals surface area contributed by atoms with Gasteiger partial charge in [0.05, 0.1) is 20.3 Å². The van der Waals surface area contributed by atoms with E-state index in [1.165, 1.54) is 0 Å². The highest BCUT2D eigenvalue weighted by Gasteiger charge is 2.19. The SMILES string of the molecule is CCOC(=O)C(N)Cc1cccc(OC)c1OCC. The van der Waals surface area contributed by atoms with E-state index in [-0.39, 0.29) is 0 Å². The normalized spacial score (nSPS) is 11.8. The Balaban J connectivity index is 2.90. The summed E-state index contributed by atoms with van der Waals surface area (Å²) in [5, 5.41) is 0.